The molecule has 1 fully saturated rings. The monoisotopic (exact) mass is 253 g/mol. The molecule has 0 radical (unpaired) electrons. The summed E-state index contributed by atoms with van der Waals surface area (Å²) in [5.74, 6) is 0.386. The molecule has 0 spiro atoms. The van der Waals surface area contributed by atoms with Crippen molar-refractivity contribution in [1.29, 1.82) is 0 Å². The highest BCUT2D eigenvalue weighted by molar-refractivity contribution is 5.31. The van der Waals surface area contributed by atoms with Crippen molar-refractivity contribution in [2.24, 2.45) is 5.92 Å². The number of rotatable bonds is 5. The predicted molar refractivity (Wildman–Crippen MR) is 68.9 cm³/mol. The van der Waals surface area contributed by atoms with E-state index in [2.05, 4.69) is 23.1 Å². The largest absolute Gasteiger partial charge is 0.494 e. The van der Waals surface area contributed by atoms with Crippen molar-refractivity contribution in [2.45, 2.75) is 13.0 Å². The molecular formula is C13H20FN3O. The van der Waals surface area contributed by atoms with Crippen LogP contribution in [0.25, 0.3) is 0 Å². The quantitative estimate of drug-likeness (QED) is 0.738. The fraction of sp³-hybridized carbons (Fsp3) is 0.538. The van der Waals surface area contributed by atoms with Gasteiger partial charge in [-0.1, -0.05) is 13.0 Å². The van der Waals surface area contributed by atoms with E-state index in [1.165, 1.54) is 7.11 Å². The summed E-state index contributed by atoms with van der Waals surface area (Å²) >= 11 is 0. The Hall–Kier alpha value is -1.17. The third-order valence-corrected chi connectivity index (χ3v) is 3.28. The van der Waals surface area contributed by atoms with Gasteiger partial charge in [0, 0.05) is 19.0 Å². The first-order valence-electron chi connectivity index (χ1n) is 6.28. The van der Waals surface area contributed by atoms with Gasteiger partial charge in [-0.15, -0.1) is 0 Å². The van der Waals surface area contributed by atoms with Gasteiger partial charge in [0.2, 0.25) is 0 Å². The average Bonchev–Trinajstić information content (AvgIpc) is 2.84. The van der Waals surface area contributed by atoms with Gasteiger partial charge >= 0.3 is 0 Å². The van der Waals surface area contributed by atoms with E-state index in [9.17, 15) is 4.39 Å². The summed E-state index contributed by atoms with van der Waals surface area (Å²) < 4.78 is 18.6. The molecule has 5 heteroatoms. The molecule has 0 aromatic heterocycles. The van der Waals surface area contributed by atoms with E-state index < -0.39 is 0 Å². The highest BCUT2D eigenvalue weighted by Crippen LogP contribution is 2.27. The standard InChI is InChI=1S/C13H20FN3O/c1-3-15-7-10-8-16-17-13(10)9-4-5-12(18-2)11(14)6-9/h4-6,10,13,15-17H,3,7-8H2,1-2H3. The molecular weight excluding hydrogens is 233 g/mol. The molecule has 0 bridgehead atoms. The topological polar surface area (TPSA) is 45.3 Å². The number of methoxy groups -OCH3 is 1. The van der Waals surface area contributed by atoms with Crippen LogP contribution in [0.3, 0.4) is 0 Å². The van der Waals surface area contributed by atoms with Crippen LogP contribution in [0, 0.1) is 11.7 Å². The fourth-order valence-electron chi connectivity index (χ4n) is 2.29. The van der Waals surface area contributed by atoms with E-state index >= 15 is 0 Å². The molecule has 18 heavy (non-hydrogen) atoms. The molecule has 1 aliphatic rings. The van der Waals surface area contributed by atoms with Crippen molar-refractivity contribution in [3.63, 3.8) is 0 Å². The van der Waals surface area contributed by atoms with Crippen molar-refractivity contribution in [1.82, 2.24) is 16.2 Å². The number of hydrazine groups is 1. The highest BCUT2D eigenvalue weighted by atomic mass is 19.1. The van der Waals surface area contributed by atoms with Crippen molar-refractivity contribution in [3.05, 3.63) is 29.6 Å². The molecule has 1 aromatic rings. The van der Waals surface area contributed by atoms with Crippen LogP contribution in [-0.4, -0.2) is 26.7 Å². The lowest BCUT2D eigenvalue weighted by molar-refractivity contribution is 0.384. The van der Waals surface area contributed by atoms with Gasteiger partial charge in [-0.25, -0.2) is 9.82 Å². The maximum atomic E-state index is 13.7. The molecule has 0 aliphatic carbocycles. The van der Waals surface area contributed by atoms with E-state index in [1.54, 1.807) is 12.1 Å². The maximum Gasteiger partial charge on any atom is 0.165 e. The predicted octanol–water partition coefficient (Wildman–Crippen LogP) is 1.21. The fourth-order valence-corrected chi connectivity index (χ4v) is 2.29. The van der Waals surface area contributed by atoms with E-state index in [1.807, 2.05) is 6.07 Å². The molecule has 0 amide bonds. The lowest BCUT2D eigenvalue weighted by Gasteiger charge is -2.19. The van der Waals surface area contributed by atoms with Crippen LogP contribution >= 0.6 is 0 Å². The van der Waals surface area contributed by atoms with E-state index in [0.29, 0.717) is 5.92 Å². The summed E-state index contributed by atoms with van der Waals surface area (Å²) in [4.78, 5) is 0. The number of hydrogen-bond donors (Lipinski definition) is 3. The zero-order valence-electron chi connectivity index (χ0n) is 10.8. The zero-order chi connectivity index (χ0) is 13.0. The minimum absolute atomic E-state index is 0.129. The minimum atomic E-state index is -0.314. The first kappa shape index (κ1) is 13.3. The van der Waals surface area contributed by atoms with Gasteiger partial charge in [0.25, 0.3) is 0 Å². The first-order valence-corrected chi connectivity index (χ1v) is 6.28. The molecule has 1 heterocycles. The molecule has 3 N–H and O–H groups in total. The second-order valence-electron chi connectivity index (χ2n) is 4.46. The van der Waals surface area contributed by atoms with Crippen LogP contribution in [0.15, 0.2) is 18.2 Å². The minimum Gasteiger partial charge on any atom is -0.494 e. The Balaban J connectivity index is 2.12. The van der Waals surface area contributed by atoms with Gasteiger partial charge in [-0.2, -0.15) is 0 Å². The Morgan fingerprint density at radius 1 is 1.50 bits per heavy atom. The Morgan fingerprint density at radius 2 is 2.33 bits per heavy atom. The van der Waals surface area contributed by atoms with Crippen LogP contribution in [0.1, 0.15) is 18.5 Å². The molecule has 1 aromatic carbocycles. The third-order valence-electron chi connectivity index (χ3n) is 3.28. The summed E-state index contributed by atoms with van der Waals surface area (Å²) in [7, 11) is 1.47. The Labute approximate surface area is 107 Å². The third kappa shape index (κ3) is 2.80. The van der Waals surface area contributed by atoms with E-state index in [4.69, 9.17) is 4.74 Å². The summed E-state index contributed by atoms with van der Waals surface area (Å²) in [5.41, 5.74) is 7.28. The van der Waals surface area contributed by atoms with Crippen molar-refractivity contribution in [2.75, 3.05) is 26.7 Å². The zero-order valence-corrected chi connectivity index (χ0v) is 10.8. The SMILES string of the molecule is CCNCC1CNNC1c1ccc(OC)c(F)c1. The number of benzene rings is 1. The van der Waals surface area contributed by atoms with Gasteiger partial charge in [0.15, 0.2) is 11.6 Å². The second kappa shape index (κ2) is 6.13. The van der Waals surface area contributed by atoms with Crippen molar-refractivity contribution >= 4 is 0 Å². The molecule has 100 valence electrons. The van der Waals surface area contributed by atoms with Crippen LogP contribution in [0.5, 0.6) is 5.75 Å². The van der Waals surface area contributed by atoms with Crippen LogP contribution in [-0.2, 0) is 0 Å². The summed E-state index contributed by atoms with van der Waals surface area (Å²) in [6, 6.07) is 5.26. The normalized spacial score (nSPS) is 23.3. The molecule has 1 saturated heterocycles. The number of hydrogen-bond acceptors (Lipinski definition) is 4. The van der Waals surface area contributed by atoms with Gasteiger partial charge in [0.1, 0.15) is 0 Å². The van der Waals surface area contributed by atoms with Gasteiger partial charge in [-0.3, -0.25) is 5.43 Å². The van der Waals surface area contributed by atoms with Gasteiger partial charge < -0.3 is 10.1 Å². The lowest BCUT2D eigenvalue weighted by Crippen LogP contribution is -2.28. The molecule has 1 aliphatic heterocycles. The summed E-state index contributed by atoms with van der Waals surface area (Å²) in [6.07, 6.45) is 0. The average molecular weight is 253 g/mol. The number of nitrogens with one attached hydrogen (secondary N) is 3. The van der Waals surface area contributed by atoms with Crippen LogP contribution in [0.2, 0.25) is 0 Å². The summed E-state index contributed by atoms with van der Waals surface area (Å²) in [5, 5.41) is 3.33. The number of ether oxygens (including phenoxy) is 1. The van der Waals surface area contributed by atoms with E-state index in [-0.39, 0.29) is 17.6 Å². The Kier molecular flexibility index (Phi) is 4.52. The van der Waals surface area contributed by atoms with Crippen LogP contribution < -0.4 is 20.9 Å². The van der Waals surface area contributed by atoms with Crippen molar-refractivity contribution < 1.29 is 9.13 Å². The molecule has 2 atom stereocenters. The van der Waals surface area contributed by atoms with Gasteiger partial charge in [-0.05, 0) is 24.2 Å². The van der Waals surface area contributed by atoms with Gasteiger partial charge in [0.05, 0.1) is 13.2 Å². The first-order chi connectivity index (χ1) is 8.76. The molecule has 2 unspecified atom stereocenters. The summed E-state index contributed by atoms with van der Waals surface area (Å²) in [6.45, 7) is 4.82. The Morgan fingerprint density at radius 3 is 3.00 bits per heavy atom. The Bertz CT molecular complexity index is 400. The molecule has 2 rings (SSSR count). The molecule has 0 saturated carbocycles. The van der Waals surface area contributed by atoms with Crippen molar-refractivity contribution in [3.8, 4) is 5.75 Å². The second-order valence-corrected chi connectivity index (χ2v) is 4.46. The lowest BCUT2D eigenvalue weighted by atomic mass is 9.94. The highest BCUT2D eigenvalue weighted by Gasteiger charge is 2.28. The number of halogens is 1. The van der Waals surface area contributed by atoms with Crippen LogP contribution in [0.4, 0.5) is 4.39 Å². The molecule has 4 nitrogen and oxygen atoms in total. The smallest absolute Gasteiger partial charge is 0.165 e. The van der Waals surface area contributed by atoms with E-state index in [0.717, 1.165) is 25.2 Å². The maximum absolute atomic E-state index is 13.7.